The molecule has 1 amide bonds. The average Bonchev–Trinajstić information content (AvgIpc) is 2.74. The van der Waals surface area contributed by atoms with Gasteiger partial charge in [0.1, 0.15) is 5.82 Å². The summed E-state index contributed by atoms with van der Waals surface area (Å²) in [6, 6.07) is 12.5. The maximum atomic E-state index is 13.1. The summed E-state index contributed by atoms with van der Waals surface area (Å²) in [6.07, 6.45) is 2.12. The maximum absolute atomic E-state index is 13.1. The fourth-order valence-corrected chi connectivity index (χ4v) is 3.69. The second kappa shape index (κ2) is 9.63. The molecule has 0 atom stereocenters. The summed E-state index contributed by atoms with van der Waals surface area (Å²) in [4.78, 5) is 16.7. The van der Waals surface area contributed by atoms with Crippen molar-refractivity contribution in [1.82, 2.24) is 4.90 Å². The van der Waals surface area contributed by atoms with Gasteiger partial charge in [0, 0.05) is 31.9 Å². The number of amides is 1. The first kappa shape index (κ1) is 21.0. The highest BCUT2D eigenvalue weighted by molar-refractivity contribution is 5.76. The zero-order valence-electron chi connectivity index (χ0n) is 17.4. The van der Waals surface area contributed by atoms with E-state index in [1.807, 2.05) is 37.1 Å². The molecule has 0 radical (unpaired) electrons. The van der Waals surface area contributed by atoms with E-state index in [0.29, 0.717) is 24.5 Å². The minimum absolute atomic E-state index is 0.0799. The molecule has 2 aromatic rings. The van der Waals surface area contributed by atoms with E-state index in [-0.39, 0.29) is 17.8 Å². The summed E-state index contributed by atoms with van der Waals surface area (Å²) in [5, 5.41) is 0. The number of carbonyl (C=O) groups is 1. The number of halogens is 1. The molecule has 0 aliphatic carbocycles. The van der Waals surface area contributed by atoms with Gasteiger partial charge in [-0.1, -0.05) is 6.07 Å². The van der Waals surface area contributed by atoms with Gasteiger partial charge in [-0.25, -0.2) is 4.39 Å². The van der Waals surface area contributed by atoms with Crippen LogP contribution in [0.25, 0.3) is 0 Å². The Morgan fingerprint density at radius 3 is 2.48 bits per heavy atom. The summed E-state index contributed by atoms with van der Waals surface area (Å²) >= 11 is 0. The first-order valence-corrected chi connectivity index (χ1v) is 10.0. The van der Waals surface area contributed by atoms with Crippen LogP contribution in [0.1, 0.15) is 24.8 Å². The van der Waals surface area contributed by atoms with Crippen LogP contribution in [0.5, 0.6) is 11.5 Å². The third kappa shape index (κ3) is 5.40. The van der Waals surface area contributed by atoms with Crippen LogP contribution in [-0.2, 0) is 4.79 Å². The fraction of sp³-hybridized carbons (Fsp3) is 0.435. The Morgan fingerprint density at radius 2 is 1.83 bits per heavy atom. The number of piperidine rings is 1. The van der Waals surface area contributed by atoms with E-state index in [4.69, 9.17) is 9.47 Å². The van der Waals surface area contributed by atoms with Crippen molar-refractivity contribution < 1.29 is 18.7 Å². The Hall–Kier alpha value is -2.76. The van der Waals surface area contributed by atoms with Crippen molar-refractivity contribution in [3.05, 3.63) is 53.8 Å². The zero-order valence-corrected chi connectivity index (χ0v) is 17.4. The predicted octanol–water partition coefficient (Wildman–Crippen LogP) is 4.04. The van der Waals surface area contributed by atoms with Crippen molar-refractivity contribution in [3.8, 4) is 11.5 Å². The summed E-state index contributed by atoms with van der Waals surface area (Å²) in [5.41, 5.74) is 2.12. The molecule has 0 unspecified atom stereocenters. The lowest BCUT2D eigenvalue weighted by Gasteiger charge is -2.38. The molecule has 156 valence electrons. The Balaban J connectivity index is 1.45. The minimum atomic E-state index is -0.223. The van der Waals surface area contributed by atoms with Crippen LogP contribution in [0.4, 0.5) is 10.1 Å². The third-order valence-corrected chi connectivity index (χ3v) is 5.49. The number of rotatable bonds is 7. The van der Waals surface area contributed by atoms with Gasteiger partial charge in [0.2, 0.25) is 5.91 Å². The van der Waals surface area contributed by atoms with E-state index in [1.165, 1.54) is 12.1 Å². The standard InChI is InChI=1S/C23H29FN2O3/c1-17-4-9-21(22(16-17)28-3)29-15-12-23(27)25(2)19-10-13-26(14-11-19)20-7-5-18(24)6-8-20/h4-9,16,19H,10-15H2,1-3H3. The van der Waals surface area contributed by atoms with Gasteiger partial charge in [-0.05, 0) is 61.7 Å². The Morgan fingerprint density at radius 1 is 1.14 bits per heavy atom. The summed E-state index contributed by atoms with van der Waals surface area (Å²) in [5.74, 6) is 1.19. The number of benzene rings is 2. The van der Waals surface area contributed by atoms with Crippen molar-refractivity contribution in [1.29, 1.82) is 0 Å². The van der Waals surface area contributed by atoms with Gasteiger partial charge in [-0.2, -0.15) is 0 Å². The molecule has 0 aromatic heterocycles. The summed E-state index contributed by atoms with van der Waals surface area (Å²) in [7, 11) is 3.48. The van der Waals surface area contributed by atoms with Crippen molar-refractivity contribution in [2.24, 2.45) is 0 Å². The topological polar surface area (TPSA) is 42.0 Å². The normalized spacial score (nSPS) is 14.6. The minimum Gasteiger partial charge on any atom is -0.493 e. The lowest BCUT2D eigenvalue weighted by molar-refractivity contribution is -0.132. The third-order valence-electron chi connectivity index (χ3n) is 5.49. The molecule has 1 heterocycles. The molecule has 0 bridgehead atoms. The quantitative estimate of drug-likeness (QED) is 0.704. The largest absolute Gasteiger partial charge is 0.493 e. The molecule has 29 heavy (non-hydrogen) atoms. The van der Waals surface area contributed by atoms with Gasteiger partial charge in [0.25, 0.3) is 0 Å². The van der Waals surface area contributed by atoms with Crippen molar-refractivity contribution >= 4 is 11.6 Å². The fourth-order valence-electron chi connectivity index (χ4n) is 3.69. The van der Waals surface area contributed by atoms with Gasteiger partial charge in [-0.3, -0.25) is 4.79 Å². The maximum Gasteiger partial charge on any atom is 0.225 e. The highest BCUT2D eigenvalue weighted by Crippen LogP contribution is 2.28. The van der Waals surface area contributed by atoms with Gasteiger partial charge >= 0.3 is 0 Å². The zero-order chi connectivity index (χ0) is 20.8. The number of aryl methyl sites for hydroxylation is 1. The van der Waals surface area contributed by atoms with Crippen LogP contribution in [-0.4, -0.2) is 50.7 Å². The van der Waals surface area contributed by atoms with Gasteiger partial charge in [0.05, 0.1) is 20.1 Å². The summed E-state index contributed by atoms with van der Waals surface area (Å²) in [6.45, 7) is 4.01. The molecule has 6 heteroatoms. The molecule has 0 saturated carbocycles. The second-order valence-electron chi connectivity index (χ2n) is 7.45. The van der Waals surface area contributed by atoms with Crippen LogP contribution in [0.2, 0.25) is 0 Å². The average molecular weight is 400 g/mol. The van der Waals surface area contributed by atoms with Gasteiger partial charge < -0.3 is 19.3 Å². The number of ether oxygens (including phenoxy) is 2. The number of hydrogen-bond donors (Lipinski definition) is 0. The second-order valence-corrected chi connectivity index (χ2v) is 7.45. The molecule has 3 rings (SSSR count). The molecule has 1 aliphatic rings. The number of methoxy groups -OCH3 is 1. The van der Waals surface area contributed by atoms with E-state index in [0.717, 1.165) is 37.2 Å². The van der Waals surface area contributed by atoms with Crippen LogP contribution in [0.3, 0.4) is 0 Å². The Bertz CT molecular complexity index is 817. The van der Waals surface area contributed by atoms with Crippen molar-refractivity contribution in [3.63, 3.8) is 0 Å². The molecule has 1 saturated heterocycles. The van der Waals surface area contributed by atoms with Crippen LogP contribution < -0.4 is 14.4 Å². The van der Waals surface area contributed by atoms with Crippen LogP contribution in [0.15, 0.2) is 42.5 Å². The highest BCUT2D eigenvalue weighted by Gasteiger charge is 2.25. The first-order valence-electron chi connectivity index (χ1n) is 10.0. The monoisotopic (exact) mass is 400 g/mol. The van der Waals surface area contributed by atoms with E-state index >= 15 is 0 Å². The molecule has 1 fully saturated rings. The lowest BCUT2D eigenvalue weighted by Crippen LogP contribution is -2.45. The van der Waals surface area contributed by atoms with Crippen molar-refractivity contribution in [2.75, 3.05) is 38.8 Å². The van der Waals surface area contributed by atoms with E-state index in [1.54, 1.807) is 19.2 Å². The molecule has 0 N–H and O–H groups in total. The molecular formula is C23H29FN2O3. The molecule has 0 spiro atoms. The van der Waals surface area contributed by atoms with Gasteiger partial charge in [-0.15, -0.1) is 0 Å². The van der Waals surface area contributed by atoms with E-state index < -0.39 is 0 Å². The number of nitrogens with zero attached hydrogens (tertiary/aromatic N) is 2. The molecule has 1 aliphatic heterocycles. The lowest BCUT2D eigenvalue weighted by atomic mass is 10.0. The number of carbonyl (C=O) groups excluding carboxylic acids is 1. The SMILES string of the molecule is COc1cc(C)ccc1OCCC(=O)N(C)C1CCN(c2ccc(F)cc2)CC1. The first-order chi connectivity index (χ1) is 14.0. The van der Waals surface area contributed by atoms with Crippen LogP contribution in [0, 0.1) is 12.7 Å². The molecule has 2 aromatic carbocycles. The van der Waals surface area contributed by atoms with E-state index in [9.17, 15) is 9.18 Å². The number of hydrogen-bond acceptors (Lipinski definition) is 4. The van der Waals surface area contributed by atoms with E-state index in [2.05, 4.69) is 4.90 Å². The summed E-state index contributed by atoms with van der Waals surface area (Å²) < 4.78 is 24.2. The predicted molar refractivity (Wildman–Crippen MR) is 112 cm³/mol. The van der Waals surface area contributed by atoms with Crippen LogP contribution >= 0.6 is 0 Å². The Kier molecular flexibility index (Phi) is 6.96. The smallest absolute Gasteiger partial charge is 0.225 e. The van der Waals surface area contributed by atoms with Gasteiger partial charge in [0.15, 0.2) is 11.5 Å². The van der Waals surface area contributed by atoms with Crippen molar-refractivity contribution in [2.45, 2.75) is 32.2 Å². The Labute approximate surface area is 172 Å². The molecule has 5 nitrogen and oxygen atoms in total. The highest BCUT2D eigenvalue weighted by atomic mass is 19.1. The number of anilines is 1. The molecular weight excluding hydrogens is 371 g/mol.